The highest BCUT2D eigenvalue weighted by Gasteiger charge is 2.24. The normalized spacial score (nSPS) is 15.9. The van der Waals surface area contributed by atoms with Crippen molar-refractivity contribution in [1.29, 1.82) is 0 Å². The summed E-state index contributed by atoms with van der Waals surface area (Å²) in [6.45, 7) is 4.10. The van der Waals surface area contributed by atoms with E-state index in [1.54, 1.807) is 24.3 Å². The minimum atomic E-state index is -0.247. The van der Waals surface area contributed by atoms with Crippen LogP contribution in [0.25, 0.3) is 0 Å². The predicted octanol–water partition coefficient (Wildman–Crippen LogP) is 4.50. The van der Waals surface area contributed by atoms with E-state index in [0.717, 1.165) is 36.4 Å². The topological polar surface area (TPSA) is 93.9 Å². The fraction of sp³-hybridized carbons (Fsp3) is 0.286. The highest BCUT2D eigenvalue weighted by Crippen LogP contribution is 2.25. The third-order valence-electron chi connectivity index (χ3n) is 6.04. The molecule has 7 heteroatoms. The lowest BCUT2D eigenvalue weighted by Crippen LogP contribution is -2.40. The average molecular weight is 474 g/mol. The third-order valence-corrected chi connectivity index (χ3v) is 6.04. The zero-order valence-electron chi connectivity index (χ0n) is 19.9. The van der Waals surface area contributed by atoms with Gasteiger partial charge in [-0.25, -0.2) is 0 Å². The van der Waals surface area contributed by atoms with Gasteiger partial charge in [-0.05, 0) is 74.3 Å². The van der Waals surface area contributed by atoms with Crippen LogP contribution in [0.1, 0.15) is 24.0 Å². The molecule has 1 aliphatic rings. The molecule has 0 aromatic heterocycles. The molecule has 1 aliphatic heterocycles. The Kier molecular flexibility index (Phi) is 8.00. The summed E-state index contributed by atoms with van der Waals surface area (Å²) in [5.41, 5.74) is 8.40. The van der Waals surface area contributed by atoms with E-state index in [-0.39, 0.29) is 24.3 Å². The van der Waals surface area contributed by atoms with Crippen molar-refractivity contribution in [3.63, 3.8) is 0 Å². The van der Waals surface area contributed by atoms with E-state index >= 15 is 0 Å². The van der Waals surface area contributed by atoms with Crippen molar-refractivity contribution in [2.24, 2.45) is 11.7 Å². The fourth-order valence-electron chi connectivity index (χ4n) is 4.13. The molecule has 0 spiro atoms. The smallest absolute Gasteiger partial charge is 0.262 e. The molecule has 3 aromatic rings. The first-order valence-electron chi connectivity index (χ1n) is 11.8. The number of benzene rings is 3. The quantitative estimate of drug-likeness (QED) is 0.477. The molecule has 0 radical (unpaired) electrons. The number of hydrogen-bond acceptors (Lipinski definition) is 5. The monoisotopic (exact) mass is 473 g/mol. The van der Waals surface area contributed by atoms with E-state index in [0.29, 0.717) is 24.6 Å². The summed E-state index contributed by atoms with van der Waals surface area (Å²) in [6, 6.07) is 22.7. The number of carbonyl (C=O) groups excluding carboxylic acids is 2. The van der Waals surface area contributed by atoms with Crippen molar-refractivity contribution < 1.29 is 19.1 Å². The van der Waals surface area contributed by atoms with E-state index in [1.165, 1.54) is 5.56 Å². The number of rotatable bonds is 9. The molecule has 182 valence electrons. The molecule has 2 amide bonds. The first-order chi connectivity index (χ1) is 17.0. The van der Waals surface area contributed by atoms with Crippen LogP contribution in [-0.2, 0) is 16.1 Å². The second-order valence-electron chi connectivity index (χ2n) is 8.86. The number of carbonyl (C=O) groups is 2. The molecular formula is C28H31N3O4. The van der Waals surface area contributed by atoms with E-state index < -0.39 is 0 Å². The van der Waals surface area contributed by atoms with Gasteiger partial charge in [-0.1, -0.05) is 35.9 Å². The summed E-state index contributed by atoms with van der Waals surface area (Å²) in [5.74, 6) is 1.42. The second kappa shape index (κ2) is 11.5. The van der Waals surface area contributed by atoms with Gasteiger partial charge in [0.1, 0.15) is 17.2 Å². The number of hydrogen-bond donors (Lipinski definition) is 2. The number of nitrogens with zero attached hydrogens (tertiary/aromatic N) is 1. The molecule has 1 saturated heterocycles. The van der Waals surface area contributed by atoms with Gasteiger partial charge in [-0.15, -0.1) is 0 Å². The number of anilines is 1. The van der Waals surface area contributed by atoms with Crippen LogP contribution in [-0.4, -0.2) is 36.4 Å². The first kappa shape index (κ1) is 24.3. The van der Waals surface area contributed by atoms with E-state index in [9.17, 15) is 9.59 Å². The highest BCUT2D eigenvalue weighted by molar-refractivity contribution is 5.92. The van der Waals surface area contributed by atoms with Gasteiger partial charge in [0.2, 0.25) is 5.91 Å². The number of nitrogens with two attached hydrogens (primary N) is 1. The first-order valence-corrected chi connectivity index (χ1v) is 11.8. The summed E-state index contributed by atoms with van der Waals surface area (Å²) < 4.78 is 11.5. The Labute approximate surface area is 205 Å². The van der Waals surface area contributed by atoms with Crippen LogP contribution >= 0.6 is 0 Å². The van der Waals surface area contributed by atoms with Gasteiger partial charge in [-0.3, -0.25) is 14.5 Å². The Bertz CT molecular complexity index is 1150. The van der Waals surface area contributed by atoms with Crippen molar-refractivity contribution in [1.82, 2.24) is 4.90 Å². The number of likely N-dealkylation sites (tertiary alicyclic amines) is 1. The lowest BCUT2D eigenvalue weighted by Gasteiger charge is -2.31. The van der Waals surface area contributed by atoms with Crippen LogP contribution in [0, 0.1) is 12.8 Å². The van der Waals surface area contributed by atoms with Crippen molar-refractivity contribution >= 4 is 17.5 Å². The Balaban J connectivity index is 1.29. The number of piperidine rings is 1. The number of amides is 2. The lowest BCUT2D eigenvalue weighted by atomic mass is 9.97. The number of nitrogens with one attached hydrogen (secondary N) is 1. The summed E-state index contributed by atoms with van der Waals surface area (Å²) in [7, 11) is 0. The van der Waals surface area contributed by atoms with Crippen LogP contribution in [0.15, 0.2) is 72.8 Å². The summed E-state index contributed by atoms with van der Waals surface area (Å²) in [5, 5.41) is 2.95. The second-order valence-corrected chi connectivity index (χ2v) is 8.86. The summed E-state index contributed by atoms with van der Waals surface area (Å²) >= 11 is 0. The average Bonchev–Trinajstić information content (AvgIpc) is 2.86. The van der Waals surface area contributed by atoms with Crippen LogP contribution in [0.3, 0.4) is 0 Å². The maximum atomic E-state index is 12.6. The molecule has 3 aromatic carbocycles. The van der Waals surface area contributed by atoms with Crippen molar-refractivity contribution in [2.45, 2.75) is 26.3 Å². The van der Waals surface area contributed by atoms with Gasteiger partial charge in [0, 0.05) is 18.8 Å². The number of aryl methyl sites for hydroxylation is 1. The summed E-state index contributed by atoms with van der Waals surface area (Å²) in [6.07, 6.45) is 1.77. The molecule has 1 fully saturated rings. The maximum Gasteiger partial charge on any atom is 0.262 e. The molecule has 0 saturated carbocycles. The molecule has 0 bridgehead atoms. The summed E-state index contributed by atoms with van der Waals surface area (Å²) in [4.78, 5) is 26.4. The minimum Gasteiger partial charge on any atom is -0.484 e. The zero-order valence-corrected chi connectivity index (χ0v) is 19.9. The molecule has 0 aliphatic carbocycles. The van der Waals surface area contributed by atoms with Gasteiger partial charge in [0.05, 0.1) is 5.92 Å². The van der Waals surface area contributed by atoms with E-state index in [1.807, 2.05) is 55.5 Å². The van der Waals surface area contributed by atoms with Crippen LogP contribution < -0.4 is 20.5 Å². The Hall–Kier alpha value is -3.84. The van der Waals surface area contributed by atoms with Gasteiger partial charge in [0.15, 0.2) is 6.61 Å². The zero-order chi connectivity index (χ0) is 24.6. The molecule has 1 heterocycles. The van der Waals surface area contributed by atoms with Crippen molar-refractivity contribution in [3.8, 4) is 17.2 Å². The standard InChI is InChI=1S/C28H31N3O4/c1-20-8-10-24(11-9-20)35-25-14-12-23(13-15-25)34-19-27(32)30-26-7-3-2-5-21(26)17-31-16-4-6-22(18-31)28(29)33/h2-3,5,7-15,22H,4,6,16-19H2,1H3,(H2,29,33)(H,30,32). The molecule has 1 atom stereocenters. The third kappa shape index (κ3) is 7.07. The maximum absolute atomic E-state index is 12.6. The largest absolute Gasteiger partial charge is 0.484 e. The molecule has 35 heavy (non-hydrogen) atoms. The van der Waals surface area contributed by atoms with Crippen molar-refractivity contribution in [3.05, 3.63) is 83.9 Å². The molecular weight excluding hydrogens is 442 g/mol. The van der Waals surface area contributed by atoms with E-state index in [4.69, 9.17) is 15.2 Å². The number of para-hydroxylation sites is 1. The predicted molar refractivity (Wildman–Crippen MR) is 135 cm³/mol. The number of ether oxygens (including phenoxy) is 2. The van der Waals surface area contributed by atoms with Crippen LogP contribution in [0.4, 0.5) is 5.69 Å². The van der Waals surface area contributed by atoms with E-state index in [2.05, 4.69) is 10.2 Å². The Morgan fingerprint density at radius 1 is 0.971 bits per heavy atom. The van der Waals surface area contributed by atoms with Crippen molar-refractivity contribution in [2.75, 3.05) is 25.0 Å². The van der Waals surface area contributed by atoms with Crippen LogP contribution in [0.5, 0.6) is 17.2 Å². The Morgan fingerprint density at radius 2 is 1.63 bits per heavy atom. The molecule has 3 N–H and O–H groups in total. The number of primary amides is 1. The van der Waals surface area contributed by atoms with Gasteiger partial charge in [0.25, 0.3) is 5.91 Å². The Morgan fingerprint density at radius 3 is 2.34 bits per heavy atom. The fourth-order valence-corrected chi connectivity index (χ4v) is 4.13. The van der Waals surface area contributed by atoms with Crippen LogP contribution in [0.2, 0.25) is 0 Å². The van der Waals surface area contributed by atoms with Gasteiger partial charge < -0.3 is 20.5 Å². The lowest BCUT2D eigenvalue weighted by molar-refractivity contribution is -0.123. The molecule has 1 unspecified atom stereocenters. The molecule has 7 nitrogen and oxygen atoms in total. The SMILES string of the molecule is Cc1ccc(Oc2ccc(OCC(=O)Nc3ccccc3CN3CCCC(C(N)=O)C3)cc2)cc1. The highest BCUT2D eigenvalue weighted by atomic mass is 16.5. The van der Waals surface area contributed by atoms with Gasteiger partial charge >= 0.3 is 0 Å². The molecule has 4 rings (SSSR count). The van der Waals surface area contributed by atoms with Gasteiger partial charge in [-0.2, -0.15) is 0 Å². The minimum absolute atomic E-state index is 0.111.